The average Bonchev–Trinajstić information content (AvgIpc) is 2.82. The second-order valence-corrected chi connectivity index (χ2v) is 7.13. The van der Waals surface area contributed by atoms with Crippen molar-refractivity contribution in [1.82, 2.24) is 9.88 Å². The van der Waals surface area contributed by atoms with Crippen molar-refractivity contribution >= 4 is 16.0 Å². The van der Waals surface area contributed by atoms with Crippen LogP contribution in [0.2, 0.25) is 0 Å². The molecule has 0 amide bonds. The van der Waals surface area contributed by atoms with Crippen LogP contribution in [0.3, 0.4) is 0 Å². The van der Waals surface area contributed by atoms with E-state index in [0.717, 1.165) is 0 Å². The molecule has 1 aliphatic carbocycles. The monoisotopic (exact) mass is 316 g/mol. The number of carbonyl (C=O) groups is 1. The fraction of sp³-hybridized carbons (Fsp3) is 0.692. The van der Waals surface area contributed by atoms with E-state index in [9.17, 15) is 13.2 Å². The number of ether oxygens (including phenoxy) is 1. The molecule has 0 aromatic carbocycles. The highest BCUT2D eigenvalue weighted by Gasteiger charge is 2.29. The van der Waals surface area contributed by atoms with E-state index in [1.54, 1.807) is 13.0 Å². The molecule has 1 aromatic heterocycles. The van der Waals surface area contributed by atoms with E-state index in [4.69, 9.17) is 9.26 Å². The van der Waals surface area contributed by atoms with Gasteiger partial charge in [-0.15, -0.1) is 0 Å². The Labute approximate surface area is 124 Å². The Bertz CT molecular complexity index is 587. The minimum absolute atomic E-state index is 0.117. The number of methoxy groups -OCH3 is 1. The lowest BCUT2D eigenvalue weighted by atomic mass is 9.86. The molecule has 1 heterocycles. The quantitative estimate of drug-likeness (QED) is 0.818. The number of esters is 1. The normalized spacial score (nSPS) is 23.0. The average molecular weight is 316 g/mol. The van der Waals surface area contributed by atoms with Crippen LogP contribution >= 0.6 is 0 Å². The largest absolute Gasteiger partial charge is 0.469 e. The number of rotatable bonds is 5. The second kappa shape index (κ2) is 6.57. The summed E-state index contributed by atoms with van der Waals surface area (Å²) < 4.78 is 36.4. The lowest BCUT2D eigenvalue weighted by Gasteiger charge is -2.27. The number of nitrogens with zero attached hydrogens (tertiary/aromatic N) is 1. The van der Waals surface area contributed by atoms with Gasteiger partial charge in [0.15, 0.2) is 0 Å². The molecule has 0 spiro atoms. The Morgan fingerprint density at radius 2 is 2.10 bits per heavy atom. The molecular formula is C13H20N2O5S. The highest BCUT2D eigenvalue weighted by Crippen LogP contribution is 2.25. The summed E-state index contributed by atoms with van der Waals surface area (Å²) in [5.41, 5.74) is 0.392. The van der Waals surface area contributed by atoms with E-state index < -0.39 is 10.0 Å². The van der Waals surface area contributed by atoms with Crippen molar-refractivity contribution in [2.75, 3.05) is 7.11 Å². The van der Waals surface area contributed by atoms with Gasteiger partial charge in [-0.2, -0.15) is 0 Å². The van der Waals surface area contributed by atoms with Gasteiger partial charge >= 0.3 is 5.97 Å². The van der Waals surface area contributed by atoms with Crippen LogP contribution in [0.15, 0.2) is 10.6 Å². The van der Waals surface area contributed by atoms with Crippen LogP contribution in [-0.2, 0) is 25.3 Å². The third kappa shape index (κ3) is 4.53. The van der Waals surface area contributed by atoms with Crippen LogP contribution in [0.4, 0.5) is 0 Å². The SMILES string of the molecule is COC(=O)C1CCC(NS(=O)(=O)Cc2cc(C)on2)CC1. The molecule has 1 aromatic rings. The molecule has 0 bridgehead atoms. The zero-order valence-corrected chi connectivity index (χ0v) is 13.0. The number of hydrogen-bond acceptors (Lipinski definition) is 6. The molecule has 2 rings (SSSR count). The summed E-state index contributed by atoms with van der Waals surface area (Å²) in [6, 6.07) is 1.47. The standard InChI is InChI=1S/C13H20N2O5S/c1-9-7-12(14-20-9)8-21(17,18)15-11-5-3-10(4-6-11)13(16)19-2/h7,10-11,15H,3-6,8H2,1-2H3. The van der Waals surface area contributed by atoms with Crippen molar-refractivity contribution in [1.29, 1.82) is 0 Å². The number of carbonyl (C=O) groups excluding carboxylic acids is 1. The molecule has 1 saturated carbocycles. The first kappa shape index (κ1) is 16.0. The van der Waals surface area contributed by atoms with E-state index in [1.165, 1.54) is 7.11 Å². The smallest absolute Gasteiger partial charge is 0.308 e. The molecule has 7 nitrogen and oxygen atoms in total. The molecule has 1 fully saturated rings. The first-order valence-electron chi connectivity index (χ1n) is 6.89. The third-order valence-electron chi connectivity index (χ3n) is 3.62. The molecule has 0 aliphatic heterocycles. The molecule has 1 N–H and O–H groups in total. The number of sulfonamides is 1. The number of aromatic nitrogens is 1. The molecule has 118 valence electrons. The van der Waals surface area contributed by atoms with Gasteiger partial charge in [-0.1, -0.05) is 5.16 Å². The van der Waals surface area contributed by atoms with Gasteiger partial charge in [0, 0.05) is 12.1 Å². The molecular weight excluding hydrogens is 296 g/mol. The van der Waals surface area contributed by atoms with Crippen molar-refractivity contribution in [3.05, 3.63) is 17.5 Å². The minimum Gasteiger partial charge on any atom is -0.469 e. The Balaban J connectivity index is 1.86. The van der Waals surface area contributed by atoms with E-state index in [2.05, 4.69) is 9.88 Å². The predicted octanol–water partition coefficient (Wildman–Crippen LogP) is 1.13. The summed E-state index contributed by atoms with van der Waals surface area (Å²) >= 11 is 0. The van der Waals surface area contributed by atoms with Gasteiger partial charge < -0.3 is 9.26 Å². The van der Waals surface area contributed by atoms with E-state index in [-0.39, 0.29) is 23.7 Å². The van der Waals surface area contributed by atoms with Gasteiger partial charge in [0.05, 0.1) is 13.0 Å². The van der Waals surface area contributed by atoms with Gasteiger partial charge in [0.2, 0.25) is 10.0 Å². The maximum Gasteiger partial charge on any atom is 0.308 e. The van der Waals surface area contributed by atoms with E-state index >= 15 is 0 Å². The predicted molar refractivity (Wildman–Crippen MR) is 74.8 cm³/mol. The maximum atomic E-state index is 12.1. The molecule has 1 aliphatic rings. The molecule has 0 radical (unpaired) electrons. The van der Waals surface area contributed by atoms with Crippen molar-refractivity contribution in [2.45, 2.75) is 44.4 Å². The highest BCUT2D eigenvalue weighted by atomic mass is 32.2. The second-order valence-electron chi connectivity index (χ2n) is 5.38. The van der Waals surface area contributed by atoms with Crippen LogP contribution in [0.1, 0.15) is 37.1 Å². The molecule has 0 unspecified atom stereocenters. The summed E-state index contributed by atoms with van der Waals surface area (Å²) in [6.45, 7) is 1.71. The van der Waals surface area contributed by atoms with Gasteiger partial charge in [0.25, 0.3) is 0 Å². The van der Waals surface area contributed by atoms with Gasteiger partial charge in [0.1, 0.15) is 17.2 Å². The Kier molecular flexibility index (Phi) is 5.00. The number of hydrogen-bond donors (Lipinski definition) is 1. The van der Waals surface area contributed by atoms with Crippen molar-refractivity contribution in [3.63, 3.8) is 0 Å². The van der Waals surface area contributed by atoms with Crippen LogP contribution < -0.4 is 4.72 Å². The molecule has 0 saturated heterocycles. The summed E-state index contributed by atoms with van der Waals surface area (Å²) in [7, 11) is -2.08. The summed E-state index contributed by atoms with van der Waals surface area (Å²) in [5.74, 6) is 0.0588. The van der Waals surface area contributed by atoms with Gasteiger partial charge in [-0.3, -0.25) is 4.79 Å². The highest BCUT2D eigenvalue weighted by molar-refractivity contribution is 7.88. The van der Waals surface area contributed by atoms with Crippen LogP contribution in [-0.4, -0.2) is 32.7 Å². The first-order valence-corrected chi connectivity index (χ1v) is 8.55. The zero-order chi connectivity index (χ0) is 15.5. The molecule has 21 heavy (non-hydrogen) atoms. The number of nitrogens with one attached hydrogen (secondary N) is 1. The Morgan fingerprint density at radius 1 is 1.43 bits per heavy atom. The van der Waals surface area contributed by atoms with Gasteiger partial charge in [-0.25, -0.2) is 13.1 Å². The lowest BCUT2D eigenvalue weighted by Crippen LogP contribution is -2.39. The van der Waals surface area contributed by atoms with E-state index in [1.807, 2.05) is 0 Å². The van der Waals surface area contributed by atoms with Crippen molar-refractivity contribution in [3.8, 4) is 0 Å². The lowest BCUT2D eigenvalue weighted by molar-refractivity contribution is -0.146. The first-order chi connectivity index (χ1) is 9.89. The minimum atomic E-state index is -3.45. The number of aryl methyl sites for hydroxylation is 1. The van der Waals surface area contributed by atoms with Crippen LogP contribution in [0.5, 0.6) is 0 Å². The van der Waals surface area contributed by atoms with Crippen LogP contribution in [0.25, 0.3) is 0 Å². The fourth-order valence-electron chi connectivity index (χ4n) is 2.59. The third-order valence-corrected chi connectivity index (χ3v) is 4.99. The molecule has 8 heteroatoms. The molecule has 0 atom stereocenters. The van der Waals surface area contributed by atoms with Crippen molar-refractivity contribution in [2.24, 2.45) is 5.92 Å². The summed E-state index contributed by atoms with van der Waals surface area (Å²) in [6.07, 6.45) is 2.56. The summed E-state index contributed by atoms with van der Waals surface area (Å²) in [4.78, 5) is 11.4. The zero-order valence-electron chi connectivity index (χ0n) is 12.2. The van der Waals surface area contributed by atoms with Gasteiger partial charge in [-0.05, 0) is 32.6 Å². The fourth-order valence-corrected chi connectivity index (χ4v) is 3.94. The Hall–Kier alpha value is -1.41. The van der Waals surface area contributed by atoms with Crippen LogP contribution in [0, 0.1) is 12.8 Å². The van der Waals surface area contributed by atoms with Crippen molar-refractivity contribution < 1.29 is 22.5 Å². The Morgan fingerprint density at radius 3 is 2.62 bits per heavy atom. The summed E-state index contributed by atoms with van der Waals surface area (Å²) in [5, 5.41) is 3.69. The van der Waals surface area contributed by atoms with E-state index in [0.29, 0.717) is 37.1 Å². The topological polar surface area (TPSA) is 98.5 Å². The maximum absolute atomic E-state index is 12.1.